The van der Waals surface area contributed by atoms with E-state index >= 15 is 0 Å². The summed E-state index contributed by atoms with van der Waals surface area (Å²) < 4.78 is 0. The van der Waals surface area contributed by atoms with Gasteiger partial charge in [-0.2, -0.15) is 0 Å². The highest BCUT2D eigenvalue weighted by atomic mass is 16.6. The minimum Gasteiger partial charge on any atom is -0.391 e. The van der Waals surface area contributed by atoms with Gasteiger partial charge in [-0.05, 0) is 12.2 Å². The fraction of sp³-hybridized carbons (Fsp3) is 0. The highest BCUT2D eigenvalue weighted by Gasteiger charge is 1.72. The Labute approximate surface area is 42.2 Å². The number of allylic oxidation sites excluding steroid dienone is 2. The first kappa shape index (κ1) is 6.04. The Hall–Kier alpha value is -0.960. The van der Waals surface area contributed by atoms with Gasteiger partial charge in [-0.25, -0.2) is 5.48 Å². The molecule has 0 unspecified atom stereocenters. The summed E-state index contributed by atoms with van der Waals surface area (Å²) in [6, 6.07) is 0. The largest absolute Gasteiger partial charge is 0.391 e. The molecule has 0 aliphatic carbocycles. The molecule has 40 valence electrons. The van der Waals surface area contributed by atoms with Gasteiger partial charge in [0, 0.05) is 6.20 Å². The van der Waals surface area contributed by atoms with E-state index < -0.39 is 0 Å². The van der Waals surface area contributed by atoms with Crippen LogP contribution in [0.25, 0.3) is 0 Å². The molecule has 0 saturated carbocycles. The van der Waals surface area contributed by atoms with Gasteiger partial charge in [-0.1, -0.05) is 0 Å². The maximum atomic E-state index is 4.55. The first-order valence-electron chi connectivity index (χ1n) is 1.73. The highest BCUT2D eigenvalue weighted by Crippen LogP contribution is 1.80. The summed E-state index contributed by atoms with van der Waals surface area (Å²) in [6.45, 7) is 0. The van der Waals surface area contributed by atoms with Crippen molar-refractivity contribution in [2.24, 2.45) is 0 Å². The van der Waals surface area contributed by atoms with Crippen molar-refractivity contribution in [3.05, 3.63) is 24.6 Å². The molecule has 1 rings (SSSR count). The molecule has 0 aromatic carbocycles. The van der Waals surface area contributed by atoms with Gasteiger partial charge in [0.2, 0.25) is 0 Å². The lowest BCUT2D eigenvalue weighted by atomic mass is 10.6. The maximum absolute atomic E-state index is 4.55. The molecule has 0 atom stereocenters. The van der Waals surface area contributed by atoms with Gasteiger partial charge in [0.1, 0.15) is 6.26 Å². The van der Waals surface area contributed by atoms with Crippen molar-refractivity contribution in [2.75, 3.05) is 0 Å². The van der Waals surface area contributed by atoms with Crippen LogP contribution in [0.15, 0.2) is 24.6 Å². The zero-order valence-corrected chi connectivity index (χ0v) is 3.92. The lowest BCUT2D eigenvalue weighted by Gasteiger charge is -1.97. The van der Waals surface area contributed by atoms with Crippen LogP contribution in [-0.4, -0.2) is 0 Å². The SMILES string of the molecule is C1=CNOC=C1.N. The molecule has 1 aliphatic rings. The fourth-order valence-corrected chi connectivity index (χ4v) is 0.258. The minimum atomic E-state index is 0. The van der Waals surface area contributed by atoms with Crippen molar-refractivity contribution in [2.45, 2.75) is 0 Å². The van der Waals surface area contributed by atoms with E-state index in [0.717, 1.165) is 0 Å². The predicted octanol–water partition coefficient (Wildman–Crippen LogP) is 0.711. The molecule has 0 aromatic heterocycles. The molecule has 1 heterocycles. The topological polar surface area (TPSA) is 56.3 Å². The van der Waals surface area contributed by atoms with Gasteiger partial charge >= 0.3 is 0 Å². The first-order valence-corrected chi connectivity index (χ1v) is 1.73. The molecule has 0 spiro atoms. The second-order valence-electron chi connectivity index (χ2n) is 0.923. The van der Waals surface area contributed by atoms with E-state index in [-0.39, 0.29) is 6.15 Å². The van der Waals surface area contributed by atoms with Gasteiger partial charge in [0.05, 0.1) is 0 Å². The van der Waals surface area contributed by atoms with E-state index in [1.807, 2.05) is 6.08 Å². The van der Waals surface area contributed by atoms with E-state index in [2.05, 4.69) is 10.3 Å². The van der Waals surface area contributed by atoms with E-state index in [4.69, 9.17) is 0 Å². The van der Waals surface area contributed by atoms with Gasteiger partial charge in [0.15, 0.2) is 0 Å². The Balaban J connectivity index is 0.000000360. The Morgan fingerprint density at radius 2 is 2.14 bits per heavy atom. The monoisotopic (exact) mass is 100 g/mol. The van der Waals surface area contributed by atoms with Gasteiger partial charge in [-0.3, -0.25) is 0 Å². The van der Waals surface area contributed by atoms with Crippen LogP contribution < -0.4 is 11.6 Å². The average Bonchev–Trinajstić information content (AvgIpc) is 1.72. The van der Waals surface area contributed by atoms with Gasteiger partial charge < -0.3 is 11.0 Å². The van der Waals surface area contributed by atoms with Crippen molar-refractivity contribution in [1.82, 2.24) is 11.6 Å². The summed E-state index contributed by atoms with van der Waals surface area (Å²) in [6.07, 6.45) is 6.93. The van der Waals surface area contributed by atoms with Crippen LogP contribution in [0, 0.1) is 0 Å². The molecule has 4 N–H and O–H groups in total. The second-order valence-corrected chi connectivity index (χ2v) is 0.923. The van der Waals surface area contributed by atoms with Crippen LogP contribution in [0.2, 0.25) is 0 Å². The smallest absolute Gasteiger partial charge is 0.119 e. The first-order chi connectivity index (χ1) is 3.00. The van der Waals surface area contributed by atoms with Crippen molar-refractivity contribution in [3.63, 3.8) is 0 Å². The van der Waals surface area contributed by atoms with E-state index in [0.29, 0.717) is 0 Å². The number of hydroxylamine groups is 1. The second kappa shape index (κ2) is 3.24. The predicted molar refractivity (Wildman–Crippen MR) is 27.5 cm³/mol. The van der Waals surface area contributed by atoms with Crippen molar-refractivity contribution in [1.29, 1.82) is 0 Å². The Morgan fingerprint density at radius 3 is 2.29 bits per heavy atom. The third-order valence-electron chi connectivity index (χ3n) is 0.490. The molecule has 0 saturated heterocycles. The van der Waals surface area contributed by atoms with Crippen molar-refractivity contribution in [3.8, 4) is 0 Å². The summed E-state index contributed by atoms with van der Waals surface area (Å²) in [5.41, 5.74) is 2.52. The molecule has 1 aliphatic heterocycles. The molecule has 0 bridgehead atoms. The normalized spacial score (nSPS) is 13.7. The zero-order chi connectivity index (χ0) is 4.24. The average molecular weight is 100 g/mol. The third-order valence-corrected chi connectivity index (χ3v) is 0.490. The molecule has 0 fully saturated rings. The van der Waals surface area contributed by atoms with E-state index in [9.17, 15) is 0 Å². The fourth-order valence-electron chi connectivity index (χ4n) is 0.258. The van der Waals surface area contributed by atoms with E-state index in [1.165, 1.54) is 0 Å². The van der Waals surface area contributed by atoms with Crippen LogP contribution in [0.4, 0.5) is 0 Å². The molecule has 3 heteroatoms. The van der Waals surface area contributed by atoms with Crippen LogP contribution in [-0.2, 0) is 4.84 Å². The van der Waals surface area contributed by atoms with E-state index in [1.54, 1.807) is 18.5 Å². The van der Waals surface area contributed by atoms with Crippen LogP contribution >= 0.6 is 0 Å². The van der Waals surface area contributed by atoms with Crippen LogP contribution in [0.3, 0.4) is 0 Å². The molecule has 3 nitrogen and oxygen atoms in total. The minimum absolute atomic E-state index is 0. The molecule has 0 radical (unpaired) electrons. The quantitative estimate of drug-likeness (QED) is 0.471. The van der Waals surface area contributed by atoms with Gasteiger partial charge in [0.25, 0.3) is 0 Å². The maximum Gasteiger partial charge on any atom is 0.119 e. The summed E-state index contributed by atoms with van der Waals surface area (Å²) in [5.74, 6) is 0. The molecule has 7 heavy (non-hydrogen) atoms. The summed E-state index contributed by atoms with van der Waals surface area (Å²) in [4.78, 5) is 4.55. The zero-order valence-electron chi connectivity index (χ0n) is 3.92. The number of nitrogens with one attached hydrogen (secondary N) is 1. The van der Waals surface area contributed by atoms with Crippen LogP contribution in [0.5, 0.6) is 0 Å². The lowest BCUT2D eigenvalue weighted by molar-refractivity contribution is 0.172. The lowest BCUT2D eigenvalue weighted by Crippen LogP contribution is -2.01. The number of hydrogen-bond donors (Lipinski definition) is 2. The summed E-state index contributed by atoms with van der Waals surface area (Å²) >= 11 is 0. The molecular weight excluding hydrogens is 92.1 g/mol. The molecule has 0 amide bonds. The summed E-state index contributed by atoms with van der Waals surface area (Å²) in [7, 11) is 0. The Bertz CT molecular complexity index is 75.7. The number of hydrogen-bond acceptors (Lipinski definition) is 3. The number of rotatable bonds is 0. The van der Waals surface area contributed by atoms with Crippen LogP contribution in [0.1, 0.15) is 0 Å². The Kier molecular flexibility index (Phi) is 2.79. The molecular formula is C4H8N2O. The molecule has 0 aromatic rings. The highest BCUT2D eigenvalue weighted by molar-refractivity contribution is 5.00. The summed E-state index contributed by atoms with van der Waals surface area (Å²) in [5, 5.41) is 0. The van der Waals surface area contributed by atoms with Crippen molar-refractivity contribution < 1.29 is 4.84 Å². The Morgan fingerprint density at radius 1 is 1.29 bits per heavy atom. The third kappa shape index (κ3) is 1.83. The van der Waals surface area contributed by atoms with Gasteiger partial charge in [-0.15, -0.1) is 0 Å². The standard InChI is InChI=1S/C4H5NO.H3N/c1-2-4-6-5-3-1;/h1-5H;1H3. The van der Waals surface area contributed by atoms with Crippen molar-refractivity contribution >= 4 is 0 Å².